The second kappa shape index (κ2) is 9.32. The van der Waals surface area contributed by atoms with Crippen molar-refractivity contribution in [3.8, 4) is 5.75 Å². The van der Waals surface area contributed by atoms with Gasteiger partial charge >= 0.3 is 5.69 Å². The molecule has 4 rings (SSSR count). The van der Waals surface area contributed by atoms with Crippen LogP contribution in [-0.4, -0.2) is 58.8 Å². The van der Waals surface area contributed by atoms with Crippen LogP contribution in [0.4, 0.5) is 11.4 Å². The molecular formula is C24H27N5O4. The third-order valence-corrected chi connectivity index (χ3v) is 6.05. The van der Waals surface area contributed by atoms with E-state index in [1.807, 2.05) is 53.4 Å². The molecule has 3 aromatic rings. The van der Waals surface area contributed by atoms with Gasteiger partial charge in [0.25, 0.3) is 5.91 Å². The molecule has 1 aliphatic rings. The number of benzene rings is 2. The van der Waals surface area contributed by atoms with Crippen molar-refractivity contribution in [1.82, 2.24) is 14.7 Å². The van der Waals surface area contributed by atoms with Crippen molar-refractivity contribution >= 4 is 17.3 Å². The number of piperazine rings is 1. The van der Waals surface area contributed by atoms with Crippen LogP contribution < -0.4 is 9.64 Å². The molecule has 0 N–H and O–H groups in total. The summed E-state index contributed by atoms with van der Waals surface area (Å²) < 4.78 is 7.09. The molecule has 0 radical (unpaired) electrons. The molecule has 9 nitrogen and oxygen atoms in total. The molecule has 0 unspecified atom stereocenters. The lowest BCUT2D eigenvalue weighted by molar-refractivity contribution is -0.386. The number of para-hydroxylation sites is 2. The summed E-state index contributed by atoms with van der Waals surface area (Å²) >= 11 is 0. The van der Waals surface area contributed by atoms with Crippen LogP contribution >= 0.6 is 0 Å². The lowest BCUT2D eigenvalue weighted by Crippen LogP contribution is -2.48. The zero-order chi connectivity index (χ0) is 23.5. The lowest BCUT2D eigenvalue weighted by atomic mass is 10.1. The number of carbonyl (C=O) groups excluding carboxylic acids is 1. The maximum atomic E-state index is 13.0. The number of anilines is 1. The zero-order valence-electron chi connectivity index (χ0n) is 19.0. The Balaban J connectivity index is 1.39. The fourth-order valence-corrected chi connectivity index (χ4v) is 4.26. The molecule has 9 heteroatoms. The third kappa shape index (κ3) is 4.52. The van der Waals surface area contributed by atoms with Crippen LogP contribution in [0.15, 0.2) is 48.5 Å². The van der Waals surface area contributed by atoms with Crippen molar-refractivity contribution in [2.24, 2.45) is 0 Å². The van der Waals surface area contributed by atoms with Gasteiger partial charge < -0.3 is 14.5 Å². The van der Waals surface area contributed by atoms with Crippen LogP contribution in [0.1, 0.15) is 27.3 Å². The number of carbonyl (C=O) groups is 1. The van der Waals surface area contributed by atoms with Gasteiger partial charge in [-0.25, -0.2) is 0 Å². The molecule has 1 fully saturated rings. The van der Waals surface area contributed by atoms with E-state index >= 15 is 0 Å². The van der Waals surface area contributed by atoms with Crippen LogP contribution in [0.3, 0.4) is 0 Å². The number of methoxy groups -OCH3 is 1. The van der Waals surface area contributed by atoms with Crippen molar-refractivity contribution in [2.45, 2.75) is 20.4 Å². The number of ether oxygens (including phenoxy) is 1. The summed E-state index contributed by atoms with van der Waals surface area (Å²) in [6.45, 7) is 6.48. The molecule has 1 aliphatic heterocycles. The molecule has 1 aromatic heterocycles. The van der Waals surface area contributed by atoms with Gasteiger partial charge in [-0.3, -0.25) is 19.6 Å². The minimum atomic E-state index is -0.399. The van der Waals surface area contributed by atoms with Gasteiger partial charge in [0.1, 0.15) is 17.1 Å². The molecule has 0 aliphatic carbocycles. The summed E-state index contributed by atoms with van der Waals surface area (Å²) in [7, 11) is 1.67. The highest BCUT2D eigenvalue weighted by molar-refractivity contribution is 5.94. The second-order valence-electron chi connectivity index (χ2n) is 8.08. The Bertz CT molecular complexity index is 1160. The Kier molecular flexibility index (Phi) is 6.30. The van der Waals surface area contributed by atoms with E-state index in [9.17, 15) is 14.9 Å². The molecule has 1 amide bonds. The maximum Gasteiger partial charge on any atom is 0.312 e. The van der Waals surface area contributed by atoms with Gasteiger partial charge in [-0.1, -0.05) is 24.3 Å². The summed E-state index contributed by atoms with van der Waals surface area (Å²) in [5, 5.41) is 15.5. The van der Waals surface area contributed by atoms with E-state index in [0.717, 1.165) is 30.1 Å². The van der Waals surface area contributed by atoms with Crippen molar-refractivity contribution in [3.05, 3.63) is 81.2 Å². The number of nitro groups is 1. The number of aromatic nitrogens is 2. The minimum Gasteiger partial charge on any atom is -0.495 e. The first-order chi connectivity index (χ1) is 15.9. The van der Waals surface area contributed by atoms with Gasteiger partial charge in [0.05, 0.1) is 24.3 Å². The molecular weight excluding hydrogens is 422 g/mol. The van der Waals surface area contributed by atoms with Crippen molar-refractivity contribution in [3.63, 3.8) is 0 Å². The normalized spacial score (nSPS) is 13.8. The molecule has 2 heterocycles. The average Bonchev–Trinajstić information content (AvgIpc) is 3.11. The summed E-state index contributed by atoms with van der Waals surface area (Å²) in [4.78, 5) is 27.9. The van der Waals surface area contributed by atoms with Gasteiger partial charge in [-0.15, -0.1) is 0 Å². The quantitative estimate of drug-likeness (QED) is 0.423. The summed E-state index contributed by atoms with van der Waals surface area (Å²) in [6, 6.07) is 15.3. The maximum absolute atomic E-state index is 13.0. The van der Waals surface area contributed by atoms with Gasteiger partial charge in [0, 0.05) is 31.7 Å². The van der Waals surface area contributed by atoms with E-state index in [1.54, 1.807) is 25.6 Å². The first kappa shape index (κ1) is 22.3. The minimum absolute atomic E-state index is 0.00276. The highest BCUT2D eigenvalue weighted by Crippen LogP contribution is 2.28. The predicted octanol–water partition coefficient (Wildman–Crippen LogP) is 3.43. The number of aryl methyl sites for hydroxylation is 1. The van der Waals surface area contributed by atoms with Gasteiger partial charge in [0.2, 0.25) is 0 Å². The molecule has 0 atom stereocenters. The van der Waals surface area contributed by atoms with Gasteiger partial charge in [-0.05, 0) is 43.7 Å². The van der Waals surface area contributed by atoms with Gasteiger partial charge in [-0.2, -0.15) is 5.10 Å². The van der Waals surface area contributed by atoms with Crippen LogP contribution in [-0.2, 0) is 6.54 Å². The SMILES string of the molecule is COc1ccccc1N1CCN(C(=O)c2ccc(Cn3nc(C)c([N+](=O)[O-])c3C)cc2)CC1. The standard InChI is InChI=1S/C24H27N5O4/c1-17-23(29(31)32)18(2)28(25-17)16-19-8-10-20(11-9-19)24(30)27-14-12-26(13-15-27)21-6-4-5-7-22(21)33-3/h4-11H,12-16H2,1-3H3. The van der Waals surface area contributed by atoms with E-state index in [0.29, 0.717) is 36.6 Å². The Morgan fingerprint density at radius 2 is 1.73 bits per heavy atom. The van der Waals surface area contributed by atoms with Crippen LogP contribution in [0.25, 0.3) is 0 Å². The average molecular weight is 450 g/mol. The van der Waals surface area contributed by atoms with Crippen LogP contribution in [0.2, 0.25) is 0 Å². The smallest absolute Gasteiger partial charge is 0.312 e. The summed E-state index contributed by atoms with van der Waals surface area (Å²) in [6.07, 6.45) is 0. The van der Waals surface area contributed by atoms with Crippen LogP contribution in [0, 0.1) is 24.0 Å². The highest BCUT2D eigenvalue weighted by Gasteiger charge is 2.24. The predicted molar refractivity (Wildman–Crippen MR) is 125 cm³/mol. The second-order valence-corrected chi connectivity index (χ2v) is 8.08. The molecule has 0 spiro atoms. The molecule has 1 saturated heterocycles. The van der Waals surface area contributed by atoms with E-state index in [-0.39, 0.29) is 11.6 Å². The van der Waals surface area contributed by atoms with E-state index in [4.69, 9.17) is 4.74 Å². The van der Waals surface area contributed by atoms with E-state index < -0.39 is 4.92 Å². The molecule has 0 saturated carbocycles. The lowest BCUT2D eigenvalue weighted by Gasteiger charge is -2.36. The largest absolute Gasteiger partial charge is 0.495 e. The molecule has 2 aromatic carbocycles. The number of rotatable bonds is 6. The first-order valence-corrected chi connectivity index (χ1v) is 10.8. The number of hydrogen-bond acceptors (Lipinski definition) is 6. The molecule has 0 bridgehead atoms. The zero-order valence-corrected chi connectivity index (χ0v) is 19.0. The number of hydrogen-bond donors (Lipinski definition) is 0. The third-order valence-electron chi connectivity index (χ3n) is 6.05. The summed E-state index contributed by atoms with van der Waals surface area (Å²) in [5.41, 5.74) is 3.56. The Hall–Kier alpha value is -3.88. The topological polar surface area (TPSA) is 93.7 Å². The first-order valence-electron chi connectivity index (χ1n) is 10.8. The van der Waals surface area contributed by atoms with Gasteiger partial charge in [0.15, 0.2) is 0 Å². The van der Waals surface area contributed by atoms with Crippen molar-refractivity contribution in [2.75, 3.05) is 38.2 Å². The van der Waals surface area contributed by atoms with Crippen molar-refractivity contribution < 1.29 is 14.5 Å². The fourth-order valence-electron chi connectivity index (χ4n) is 4.26. The van der Waals surface area contributed by atoms with Crippen LogP contribution in [0.5, 0.6) is 5.75 Å². The Labute approximate surface area is 192 Å². The fraction of sp³-hybridized carbons (Fsp3) is 0.333. The van der Waals surface area contributed by atoms with Crippen molar-refractivity contribution in [1.29, 1.82) is 0 Å². The Morgan fingerprint density at radius 3 is 2.33 bits per heavy atom. The number of amides is 1. The highest BCUT2D eigenvalue weighted by atomic mass is 16.6. The Morgan fingerprint density at radius 1 is 1.06 bits per heavy atom. The van der Waals surface area contributed by atoms with E-state index in [1.165, 1.54) is 0 Å². The van der Waals surface area contributed by atoms with E-state index in [2.05, 4.69) is 10.00 Å². The molecule has 172 valence electrons. The monoisotopic (exact) mass is 449 g/mol. The summed E-state index contributed by atoms with van der Waals surface area (Å²) in [5.74, 6) is 0.837. The number of nitrogens with zero attached hydrogens (tertiary/aromatic N) is 5. The molecule has 33 heavy (non-hydrogen) atoms.